The molecule has 1 aromatic carbocycles. The van der Waals surface area contributed by atoms with Crippen LogP contribution in [0.3, 0.4) is 0 Å². The van der Waals surface area contributed by atoms with Gasteiger partial charge in [-0.25, -0.2) is 0 Å². The minimum absolute atomic E-state index is 0.106. The summed E-state index contributed by atoms with van der Waals surface area (Å²) in [7, 11) is 0. The molecule has 2 rings (SSSR count). The number of hydrogen-bond donors (Lipinski definition) is 0. The van der Waals surface area contributed by atoms with Gasteiger partial charge in [0.15, 0.2) is 5.78 Å². The number of allylic oxidation sites excluding steroid dienone is 1. The van der Waals surface area contributed by atoms with Gasteiger partial charge in [-0.3, -0.25) is 9.59 Å². The summed E-state index contributed by atoms with van der Waals surface area (Å²) < 4.78 is 0. The molecule has 0 radical (unpaired) electrons. The lowest BCUT2D eigenvalue weighted by Crippen LogP contribution is -2.32. The summed E-state index contributed by atoms with van der Waals surface area (Å²) in [6.45, 7) is 0.757. The standard InChI is InChI=1S/C18H22ClNO2/c19-13-4-5-14-20-16(11-12-18(20)22)9-6-10-17(21)15-7-2-1-3-8-15/h1-3,6-9,16H,4-5,10-14H2/b9-6+/t16-/m0/s1. The fourth-order valence-corrected chi connectivity index (χ4v) is 2.89. The second-order valence-corrected chi connectivity index (χ2v) is 5.89. The van der Waals surface area contributed by atoms with Gasteiger partial charge >= 0.3 is 0 Å². The molecule has 0 aliphatic carbocycles. The van der Waals surface area contributed by atoms with Crippen molar-refractivity contribution >= 4 is 23.3 Å². The Morgan fingerprint density at radius 1 is 1.27 bits per heavy atom. The monoisotopic (exact) mass is 319 g/mol. The van der Waals surface area contributed by atoms with E-state index >= 15 is 0 Å². The third kappa shape index (κ3) is 4.70. The molecule has 1 aliphatic rings. The van der Waals surface area contributed by atoms with Gasteiger partial charge in [0.2, 0.25) is 5.91 Å². The molecule has 1 amide bonds. The van der Waals surface area contributed by atoms with Crippen LogP contribution in [-0.4, -0.2) is 35.1 Å². The first-order valence-electron chi connectivity index (χ1n) is 7.82. The van der Waals surface area contributed by atoms with Gasteiger partial charge in [0.1, 0.15) is 0 Å². The van der Waals surface area contributed by atoms with Gasteiger partial charge in [0, 0.05) is 30.8 Å². The van der Waals surface area contributed by atoms with Crippen molar-refractivity contribution in [2.45, 2.75) is 38.1 Å². The Hall–Kier alpha value is -1.61. The van der Waals surface area contributed by atoms with Crippen molar-refractivity contribution < 1.29 is 9.59 Å². The molecule has 1 heterocycles. The number of likely N-dealkylation sites (tertiary alicyclic amines) is 1. The van der Waals surface area contributed by atoms with Crippen molar-refractivity contribution in [3.8, 4) is 0 Å². The minimum Gasteiger partial charge on any atom is -0.336 e. The average molecular weight is 320 g/mol. The number of halogens is 1. The maximum Gasteiger partial charge on any atom is 0.223 e. The van der Waals surface area contributed by atoms with E-state index in [9.17, 15) is 9.59 Å². The van der Waals surface area contributed by atoms with E-state index in [2.05, 4.69) is 0 Å². The number of Topliss-reactive ketones (excluding diaryl/α,β-unsaturated/α-hetero) is 1. The summed E-state index contributed by atoms with van der Waals surface area (Å²) in [5.41, 5.74) is 0.730. The van der Waals surface area contributed by atoms with E-state index in [1.54, 1.807) is 0 Å². The van der Waals surface area contributed by atoms with Gasteiger partial charge in [0.25, 0.3) is 0 Å². The number of carbonyl (C=O) groups is 2. The second kappa shape index (κ2) is 8.74. The Morgan fingerprint density at radius 2 is 2.05 bits per heavy atom. The van der Waals surface area contributed by atoms with Gasteiger partial charge in [-0.05, 0) is 19.3 Å². The highest BCUT2D eigenvalue weighted by Crippen LogP contribution is 2.20. The number of rotatable bonds is 8. The Kier molecular flexibility index (Phi) is 6.66. The van der Waals surface area contributed by atoms with Crippen LogP contribution < -0.4 is 0 Å². The fraction of sp³-hybridized carbons (Fsp3) is 0.444. The molecule has 118 valence electrons. The lowest BCUT2D eigenvalue weighted by Gasteiger charge is -2.22. The molecule has 0 spiro atoms. The molecule has 0 aromatic heterocycles. The number of carbonyl (C=O) groups excluding carboxylic acids is 2. The Morgan fingerprint density at radius 3 is 2.77 bits per heavy atom. The Bertz CT molecular complexity index is 527. The first-order valence-corrected chi connectivity index (χ1v) is 8.36. The van der Waals surface area contributed by atoms with Crippen molar-refractivity contribution in [3.63, 3.8) is 0 Å². The number of alkyl halides is 1. The molecule has 0 unspecified atom stereocenters. The van der Waals surface area contributed by atoms with Crippen molar-refractivity contribution in [1.29, 1.82) is 0 Å². The number of unbranched alkanes of at least 4 members (excludes halogenated alkanes) is 1. The van der Waals surface area contributed by atoms with Crippen LogP contribution >= 0.6 is 11.6 Å². The lowest BCUT2D eigenvalue weighted by molar-refractivity contribution is -0.128. The number of benzene rings is 1. The van der Waals surface area contributed by atoms with Crippen LogP contribution in [0, 0.1) is 0 Å². The molecule has 3 nitrogen and oxygen atoms in total. The summed E-state index contributed by atoms with van der Waals surface area (Å²) >= 11 is 5.68. The first kappa shape index (κ1) is 16.8. The molecule has 0 N–H and O–H groups in total. The van der Waals surface area contributed by atoms with Gasteiger partial charge in [0.05, 0.1) is 6.04 Å². The molecule has 22 heavy (non-hydrogen) atoms. The normalized spacial score (nSPS) is 18.3. The largest absolute Gasteiger partial charge is 0.336 e. The second-order valence-electron chi connectivity index (χ2n) is 5.51. The van der Waals surface area contributed by atoms with E-state index in [1.807, 2.05) is 47.4 Å². The predicted octanol–water partition coefficient (Wildman–Crippen LogP) is 3.83. The van der Waals surface area contributed by atoms with Gasteiger partial charge in [-0.15, -0.1) is 11.6 Å². The molecule has 0 bridgehead atoms. The molecular weight excluding hydrogens is 298 g/mol. The van der Waals surface area contributed by atoms with Crippen LogP contribution in [0.5, 0.6) is 0 Å². The topological polar surface area (TPSA) is 37.4 Å². The number of ketones is 1. The van der Waals surface area contributed by atoms with Crippen LogP contribution in [0.1, 0.15) is 42.5 Å². The van der Waals surface area contributed by atoms with Gasteiger partial charge in [-0.1, -0.05) is 42.5 Å². The van der Waals surface area contributed by atoms with Crippen LogP contribution in [-0.2, 0) is 4.79 Å². The van der Waals surface area contributed by atoms with E-state index in [-0.39, 0.29) is 17.7 Å². The highest BCUT2D eigenvalue weighted by atomic mass is 35.5. The number of amides is 1. The molecular formula is C18H22ClNO2. The lowest BCUT2D eigenvalue weighted by atomic mass is 10.1. The maximum atomic E-state index is 12.0. The first-order chi connectivity index (χ1) is 10.7. The van der Waals surface area contributed by atoms with Crippen molar-refractivity contribution in [3.05, 3.63) is 48.0 Å². The summed E-state index contributed by atoms with van der Waals surface area (Å²) in [6.07, 6.45) is 7.58. The summed E-state index contributed by atoms with van der Waals surface area (Å²) in [5.74, 6) is 0.946. The zero-order chi connectivity index (χ0) is 15.8. The molecule has 0 saturated carbocycles. The summed E-state index contributed by atoms with van der Waals surface area (Å²) in [6, 6.07) is 9.42. The Balaban J connectivity index is 1.86. The van der Waals surface area contributed by atoms with Crippen molar-refractivity contribution in [2.24, 2.45) is 0 Å². The smallest absolute Gasteiger partial charge is 0.223 e. The van der Waals surface area contributed by atoms with E-state index < -0.39 is 0 Å². The van der Waals surface area contributed by atoms with Crippen LogP contribution in [0.15, 0.2) is 42.5 Å². The minimum atomic E-state index is 0.106. The summed E-state index contributed by atoms with van der Waals surface area (Å²) in [5, 5.41) is 0. The molecule has 1 aromatic rings. The maximum absolute atomic E-state index is 12.0. The fourth-order valence-electron chi connectivity index (χ4n) is 2.70. The van der Waals surface area contributed by atoms with Crippen LogP contribution in [0.25, 0.3) is 0 Å². The SMILES string of the molecule is O=C(C/C=C/[C@H]1CCC(=O)N1CCCCCl)c1ccccc1. The number of nitrogens with zero attached hydrogens (tertiary/aromatic N) is 1. The van der Waals surface area contributed by atoms with E-state index in [1.165, 1.54) is 0 Å². The van der Waals surface area contributed by atoms with Crippen LogP contribution in [0.4, 0.5) is 0 Å². The van der Waals surface area contributed by atoms with Crippen molar-refractivity contribution in [2.75, 3.05) is 12.4 Å². The molecule has 1 aliphatic heterocycles. The molecule has 1 saturated heterocycles. The van der Waals surface area contributed by atoms with Gasteiger partial charge < -0.3 is 4.90 Å². The van der Waals surface area contributed by atoms with Crippen molar-refractivity contribution in [1.82, 2.24) is 4.90 Å². The van der Waals surface area contributed by atoms with E-state index in [0.29, 0.717) is 18.7 Å². The highest BCUT2D eigenvalue weighted by molar-refractivity contribution is 6.17. The zero-order valence-electron chi connectivity index (χ0n) is 12.7. The molecule has 4 heteroatoms. The highest BCUT2D eigenvalue weighted by Gasteiger charge is 2.28. The molecule has 1 atom stereocenters. The zero-order valence-corrected chi connectivity index (χ0v) is 13.5. The average Bonchev–Trinajstić information content (AvgIpc) is 2.89. The van der Waals surface area contributed by atoms with E-state index in [0.717, 1.165) is 31.4 Å². The van der Waals surface area contributed by atoms with Crippen LogP contribution in [0.2, 0.25) is 0 Å². The third-order valence-corrected chi connectivity index (χ3v) is 4.18. The third-order valence-electron chi connectivity index (χ3n) is 3.91. The number of hydrogen-bond acceptors (Lipinski definition) is 2. The predicted molar refractivity (Wildman–Crippen MR) is 89.2 cm³/mol. The van der Waals surface area contributed by atoms with E-state index in [4.69, 9.17) is 11.6 Å². The quantitative estimate of drug-likeness (QED) is 0.316. The summed E-state index contributed by atoms with van der Waals surface area (Å²) in [4.78, 5) is 25.8. The van der Waals surface area contributed by atoms with Gasteiger partial charge in [-0.2, -0.15) is 0 Å². The Labute approximate surface area is 137 Å². The molecule has 1 fully saturated rings.